The number of benzene rings is 4. The number of halogens is 20. The van der Waals surface area contributed by atoms with E-state index < -0.39 is 152 Å². The van der Waals surface area contributed by atoms with E-state index in [1.54, 1.807) is 0 Å². The van der Waals surface area contributed by atoms with Crippen LogP contribution in [-0.2, 0) is 4.57 Å². The molecule has 0 bridgehead atoms. The zero-order chi connectivity index (χ0) is 37.6. The van der Waals surface area contributed by atoms with Gasteiger partial charge in [-0.3, -0.25) is 4.57 Å². The summed E-state index contributed by atoms with van der Waals surface area (Å²) in [6.45, 7) is 0. The molecule has 0 aliphatic heterocycles. The van der Waals surface area contributed by atoms with Crippen LogP contribution in [0.2, 0.25) is 0 Å². The minimum absolute atomic E-state index is 2.03. The quantitative estimate of drug-likeness (QED) is 0.0992. The lowest BCUT2D eigenvalue weighted by atomic mass is 10.3. The highest BCUT2D eigenvalue weighted by molar-refractivity contribution is 7.87. The molecule has 0 aromatic heterocycles. The molecule has 0 saturated heterocycles. The molecule has 1 N–H and O–H groups in total. The van der Waals surface area contributed by atoms with Crippen molar-refractivity contribution in [2.75, 3.05) is 0 Å². The zero-order valence-corrected chi connectivity index (χ0v) is 23.5. The summed E-state index contributed by atoms with van der Waals surface area (Å²) >= 11 is 0. The molecule has 0 aliphatic rings. The van der Waals surface area contributed by atoms with Gasteiger partial charge in [0.2, 0.25) is 23.3 Å². The van der Waals surface area contributed by atoms with Crippen LogP contribution >= 0.6 is 14.6 Å². The lowest BCUT2D eigenvalue weighted by Gasteiger charge is -2.26. The van der Waals surface area contributed by atoms with Crippen molar-refractivity contribution in [3.05, 3.63) is 116 Å². The largest absolute Gasteiger partial charge is 0.352 e. The van der Waals surface area contributed by atoms with E-state index in [1.165, 1.54) is 0 Å². The van der Waals surface area contributed by atoms with E-state index in [1.807, 2.05) is 4.52 Å². The third-order valence-corrected chi connectivity index (χ3v) is 12.3. The van der Waals surface area contributed by atoms with Crippen LogP contribution in [0.4, 0.5) is 87.8 Å². The number of hydrogen-bond acceptors (Lipinski definition) is 1. The molecule has 0 aliphatic carbocycles. The fourth-order valence-electron chi connectivity index (χ4n) is 4.04. The number of rotatable bonds is 5. The van der Waals surface area contributed by atoms with Crippen LogP contribution in [0, 0.1) is 116 Å². The molecular formula is C24HF20NO2P2. The van der Waals surface area contributed by atoms with Gasteiger partial charge < -0.3 is 4.89 Å². The molecule has 0 amide bonds. The predicted molar refractivity (Wildman–Crippen MR) is 123 cm³/mol. The van der Waals surface area contributed by atoms with Gasteiger partial charge in [0, 0.05) is 0 Å². The normalized spacial score (nSPS) is 12.3. The lowest BCUT2D eigenvalue weighted by molar-refractivity contribution is 0.381. The first-order chi connectivity index (χ1) is 22.4. The van der Waals surface area contributed by atoms with Crippen LogP contribution < -0.4 is 21.2 Å². The smallest absolute Gasteiger partial charge is 0.260 e. The van der Waals surface area contributed by atoms with Crippen LogP contribution in [0.1, 0.15) is 0 Å². The van der Waals surface area contributed by atoms with E-state index in [2.05, 4.69) is 0 Å². The molecule has 0 saturated carbocycles. The van der Waals surface area contributed by atoms with Gasteiger partial charge >= 0.3 is 0 Å². The fourth-order valence-corrected chi connectivity index (χ4v) is 10.3. The zero-order valence-electron chi connectivity index (χ0n) is 21.8. The van der Waals surface area contributed by atoms with Crippen molar-refractivity contribution in [2.24, 2.45) is 4.52 Å². The molecule has 0 heterocycles. The number of nitrogens with zero attached hydrogens (tertiary/aromatic N) is 1. The summed E-state index contributed by atoms with van der Waals surface area (Å²) in [5.74, 6) is -69.5. The van der Waals surface area contributed by atoms with Crippen molar-refractivity contribution in [3.8, 4) is 0 Å². The molecule has 0 fully saturated rings. The highest BCUT2D eigenvalue weighted by atomic mass is 31.2. The highest BCUT2D eigenvalue weighted by Crippen LogP contribution is 2.61. The first-order valence-corrected chi connectivity index (χ1v) is 14.8. The van der Waals surface area contributed by atoms with Crippen LogP contribution in [0.3, 0.4) is 0 Å². The summed E-state index contributed by atoms with van der Waals surface area (Å²) in [7, 11) is -15.9. The van der Waals surface area contributed by atoms with Crippen molar-refractivity contribution >= 4 is 35.8 Å². The fraction of sp³-hybridized carbons (Fsp3) is 0. The van der Waals surface area contributed by atoms with Gasteiger partial charge in [0.05, 0.1) is 10.6 Å². The Labute approximate surface area is 254 Å². The summed E-state index contributed by atoms with van der Waals surface area (Å²) in [5, 5.41) is -13.8. The van der Waals surface area contributed by atoms with Crippen LogP contribution in [-0.4, -0.2) is 4.89 Å². The minimum Gasteiger partial charge on any atom is -0.352 e. The average molecular weight is 777 g/mol. The standard InChI is InChI=1S/C24HF20NO2P2/c25-1-5(29)13(37)21(14(38)6(1)30)48(46,22-15(39)7(31)2(26)8(32)16(22)40)45-49(47,23-17(41)9(33)3(27)10(34)18(23)42)24-19(43)11(35)4(28)12(36)20(24)44/h46H. The Kier molecular flexibility index (Phi) is 9.50. The minimum atomic E-state index is -8.05. The second kappa shape index (κ2) is 12.3. The van der Waals surface area contributed by atoms with Crippen LogP contribution in [0.15, 0.2) is 4.52 Å². The molecule has 4 aromatic carbocycles. The summed E-state index contributed by atoms with van der Waals surface area (Å²) in [5.41, 5.74) is 0. The molecule has 0 spiro atoms. The second-order valence-electron chi connectivity index (χ2n) is 8.94. The lowest BCUT2D eigenvalue weighted by Crippen LogP contribution is -2.34. The maximum atomic E-state index is 15.0. The monoisotopic (exact) mass is 777 g/mol. The molecular weight excluding hydrogens is 776 g/mol. The maximum Gasteiger partial charge on any atom is 0.260 e. The summed E-state index contributed by atoms with van der Waals surface area (Å²) in [6, 6.07) is 0. The Morgan fingerprint density at radius 2 is 0.429 bits per heavy atom. The van der Waals surface area contributed by atoms with Gasteiger partial charge in [-0.15, -0.1) is 0 Å². The van der Waals surface area contributed by atoms with Gasteiger partial charge in [0.25, 0.3) is 7.29 Å². The Bertz CT molecular complexity index is 1990. The Morgan fingerprint density at radius 3 is 0.612 bits per heavy atom. The van der Waals surface area contributed by atoms with E-state index in [9.17, 15) is 62.1 Å². The second-order valence-corrected chi connectivity index (χ2v) is 13.8. The van der Waals surface area contributed by atoms with E-state index in [0.717, 1.165) is 0 Å². The molecule has 0 unspecified atom stereocenters. The van der Waals surface area contributed by atoms with Crippen LogP contribution in [0.25, 0.3) is 0 Å². The SMILES string of the molecule is O=P(N=P(O)(c1c(F)c(F)c(F)c(F)c1F)c1c(F)c(F)c(F)c(F)c1F)(c1c(F)c(F)c(F)c(F)c1F)c1c(F)c(F)c(F)c(F)c1F. The first kappa shape index (κ1) is 37.7. The summed E-state index contributed by atoms with van der Waals surface area (Å²) in [4.78, 5) is 11.3. The van der Waals surface area contributed by atoms with E-state index in [4.69, 9.17) is 0 Å². The van der Waals surface area contributed by atoms with Gasteiger partial charge in [-0.1, -0.05) is 0 Å². The van der Waals surface area contributed by atoms with Gasteiger partial charge in [-0.2, -0.15) is 0 Å². The van der Waals surface area contributed by atoms with Gasteiger partial charge in [-0.25, -0.2) is 92.3 Å². The maximum absolute atomic E-state index is 15.0. The van der Waals surface area contributed by atoms with Crippen molar-refractivity contribution in [3.63, 3.8) is 0 Å². The van der Waals surface area contributed by atoms with E-state index in [0.29, 0.717) is 0 Å². The Morgan fingerprint density at radius 1 is 0.286 bits per heavy atom. The molecule has 4 aromatic rings. The Balaban J connectivity index is 2.55. The van der Waals surface area contributed by atoms with Gasteiger partial charge in [0.1, 0.15) is 10.6 Å². The van der Waals surface area contributed by atoms with E-state index in [-0.39, 0.29) is 0 Å². The van der Waals surface area contributed by atoms with Gasteiger partial charge in [-0.05, 0) is 0 Å². The Hall–Kier alpha value is -4.10. The van der Waals surface area contributed by atoms with Crippen molar-refractivity contribution in [1.82, 2.24) is 0 Å². The number of hydrogen-bond donors (Lipinski definition) is 1. The molecule has 49 heavy (non-hydrogen) atoms. The molecule has 4 rings (SSSR count). The highest BCUT2D eigenvalue weighted by Gasteiger charge is 2.50. The van der Waals surface area contributed by atoms with Crippen molar-refractivity contribution in [1.29, 1.82) is 0 Å². The topological polar surface area (TPSA) is 49.7 Å². The third kappa shape index (κ3) is 5.19. The van der Waals surface area contributed by atoms with E-state index >= 15 is 35.1 Å². The predicted octanol–water partition coefficient (Wildman–Crippen LogP) is 7.46. The molecule has 25 heteroatoms. The third-order valence-electron chi connectivity index (χ3n) is 6.23. The van der Waals surface area contributed by atoms with Gasteiger partial charge in [0.15, 0.2) is 100 Å². The molecule has 0 radical (unpaired) electrons. The molecule has 3 nitrogen and oxygen atoms in total. The van der Waals surface area contributed by atoms with Crippen LogP contribution in [0.5, 0.6) is 0 Å². The van der Waals surface area contributed by atoms with Crippen molar-refractivity contribution in [2.45, 2.75) is 0 Å². The first-order valence-electron chi connectivity index (χ1n) is 11.5. The molecule has 0 atom stereocenters. The summed E-state index contributed by atoms with van der Waals surface area (Å²) < 4.78 is 306. The van der Waals surface area contributed by atoms with Crippen molar-refractivity contribution < 1.29 is 97.3 Å². The average Bonchev–Trinajstić information content (AvgIpc) is 3.04. The summed E-state index contributed by atoms with van der Waals surface area (Å²) in [6.07, 6.45) is 0. The molecule has 264 valence electrons.